The highest BCUT2D eigenvalue weighted by molar-refractivity contribution is 5.96. The molecule has 16 heavy (non-hydrogen) atoms. The third-order valence-electron chi connectivity index (χ3n) is 1.90. The molecule has 0 radical (unpaired) electrons. The first-order chi connectivity index (χ1) is 7.56. The summed E-state index contributed by atoms with van der Waals surface area (Å²) in [6, 6.07) is 0. The molecule has 1 rings (SSSR count). The van der Waals surface area contributed by atoms with Gasteiger partial charge in [0, 0.05) is 6.42 Å². The SMILES string of the molecule is CC(C)Cc1onc(OCCO)c1C(N)=O. The highest BCUT2D eigenvalue weighted by Gasteiger charge is 2.22. The number of rotatable bonds is 6. The Morgan fingerprint density at radius 1 is 1.62 bits per heavy atom. The number of aliphatic hydroxyl groups is 1. The highest BCUT2D eigenvalue weighted by Crippen LogP contribution is 2.23. The Morgan fingerprint density at radius 3 is 2.81 bits per heavy atom. The van der Waals surface area contributed by atoms with E-state index in [0.717, 1.165) is 0 Å². The Morgan fingerprint density at radius 2 is 2.31 bits per heavy atom. The third-order valence-corrected chi connectivity index (χ3v) is 1.90. The van der Waals surface area contributed by atoms with Crippen LogP contribution in [0.1, 0.15) is 30.0 Å². The maximum absolute atomic E-state index is 11.2. The minimum Gasteiger partial charge on any atom is -0.472 e. The fourth-order valence-electron chi connectivity index (χ4n) is 1.30. The number of nitrogens with two attached hydrogens (primary N) is 1. The van der Waals surface area contributed by atoms with Gasteiger partial charge in [-0.3, -0.25) is 4.79 Å². The van der Waals surface area contributed by atoms with Crippen molar-refractivity contribution in [1.29, 1.82) is 0 Å². The minimum absolute atomic E-state index is 0.0495. The van der Waals surface area contributed by atoms with E-state index in [2.05, 4.69) is 5.16 Å². The Kier molecular flexibility index (Phi) is 4.30. The van der Waals surface area contributed by atoms with E-state index in [9.17, 15) is 4.79 Å². The number of nitrogens with zero attached hydrogens (tertiary/aromatic N) is 1. The van der Waals surface area contributed by atoms with Crippen molar-refractivity contribution < 1.29 is 19.2 Å². The average molecular weight is 228 g/mol. The van der Waals surface area contributed by atoms with Crippen LogP contribution in [-0.4, -0.2) is 29.4 Å². The first-order valence-corrected chi connectivity index (χ1v) is 5.08. The summed E-state index contributed by atoms with van der Waals surface area (Å²) >= 11 is 0. The predicted molar refractivity (Wildman–Crippen MR) is 56.1 cm³/mol. The molecule has 0 atom stereocenters. The Hall–Kier alpha value is -1.56. The van der Waals surface area contributed by atoms with Crippen molar-refractivity contribution in [2.24, 2.45) is 11.7 Å². The lowest BCUT2D eigenvalue weighted by Gasteiger charge is -2.03. The molecule has 90 valence electrons. The van der Waals surface area contributed by atoms with E-state index < -0.39 is 5.91 Å². The van der Waals surface area contributed by atoms with Gasteiger partial charge in [-0.25, -0.2) is 0 Å². The van der Waals surface area contributed by atoms with E-state index in [1.807, 2.05) is 13.8 Å². The number of aromatic nitrogens is 1. The van der Waals surface area contributed by atoms with E-state index in [-0.39, 0.29) is 24.7 Å². The smallest absolute Gasteiger partial charge is 0.267 e. The van der Waals surface area contributed by atoms with Gasteiger partial charge in [-0.2, -0.15) is 0 Å². The molecule has 6 heteroatoms. The zero-order valence-electron chi connectivity index (χ0n) is 9.40. The molecule has 1 aromatic heterocycles. The van der Waals surface area contributed by atoms with Crippen LogP contribution in [0.2, 0.25) is 0 Å². The molecule has 1 heterocycles. The second-order valence-electron chi connectivity index (χ2n) is 3.82. The molecule has 1 amide bonds. The van der Waals surface area contributed by atoms with Crippen LogP contribution >= 0.6 is 0 Å². The molecule has 0 fully saturated rings. The summed E-state index contributed by atoms with van der Waals surface area (Å²) in [6.07, 6.45) is 0.563. The lowest BCUT2D eigenvalue weighted by Crippen LogP contribution is -2.15. The molecule has 0 spiro atoms. The van der Waals surface area contributed by atoms with Gasteiger partial charge in [0.2, 0.25) is 0 Å². The van der Waals surface area contributed by atoms with Crippen LogP contribution in [-0.2, 0) is 6.42 Å². The van der Waals surface area contributed by atoms with Crippen molar-refractivity contribution in [1.82, 2.24) is 5.16 Å². The van der Waals surface area contributed by atoms with Gasteiger partial charge in [0.1, 0.15) is 12.2 Å². The number of primary amides is 1. The van der Waals surface area contributed by atoms with Crippen LogP contribution in [0.4, 0.5) is 0 Å². The van der Waals surface area contributed by atoms with Gasteiger partial charge in [0.15, 0.2) is 5.76 Å². The first-order valence-electron chi connectivity index (χ1n) is 5.08. The van der Waals surface area contributed by atoms with Crippen LogP contribution in [0, 0.1) is 5.92 Å². The monoisotopic (exact) mass is 228 g/mol. The summed E-state index contributed by atoms with van der Waals surface area (Å²) in [7, 11) is 0. The molecule has 0 aliphatic heterocycles. The molecular weight excluding hydrogens is 212 g/mol. The number of ether oxygens (including phenoxy) is 1. The second-order valence-corrected chi connectivity index (χ2v) is 3.82. The van der Waals surface area contributed by atoms with Crippen LogP contribution in [0.25, 0.3) is 0 Å². The largest absolute Gasteiger partial charge is 0.472 e. The van der Waals surface area contributed by atoms with Crippen LogP contribution in [0.3, 0.4) is 0 Å². The summed E-state index contributed by atoms with van der Waals surface area (Å²) in [5.74, 6) is 0.161. The van der Waals surface area contributed by atoms with Gasteiger partial charge in [-0.1, -0.05) is 13.8 Å². The molecule has 6 nitrogen and oxygen atoms in total. The molecular formula is C10H16N2O4. The lowest BCUT2D eigenvalue weighted by atomic mass is 10.1. The molecule has 3 N–H and O–H groups in total. The number of amides is 1. The van der Waals surface area contributed by atoms with Gasteiger partial charge < -0.3 is 20.1 Å². The van der Waals surface area contributed by atoms with Crippen molar-refractivity contribution >= 4 is 5.91 Å². The fraction of sp³-hybridized carbons (Fsp3) is 0.600. The lowest BCUT2D eigenvalue weighted by molar-refractivity contribution is 0.0993. The minimum atomic E-state index is -0.634. The zero-order chi connectivity index (χ0) is 12.1. The van der Waals surface area contributed by atoms with Gasteiger partial charge in [-0.05, 0) is 11.1 Å². The molecule has 0 unspecified atom stereocenters. The van der Waals surface area contributed by atoms with E-state index in [0.29, 0.717) is 18.1 Å². The summed E-state index contributed by atoms with van der Waals surface area (Å²) in [5.41, 5.74) is 5.39. The predicted octanol–water partition coefficient (Wildman–Crippen LogP) is 0.343. The first kappa shape index (κ1) is 12.5. The fourth-order valence-corrected chi connectivity index (χ4v) is 1.30. The Balaban J connectivity index is 2.92. The van der Waals surface area contributed by atoms with Crippen LogP contribution in [0.5, 0.6) is 5.88 Å². The molecule has 0 saturated carbocycles. The number of carbonyl (C=O) groups excluding carboxylic acids is 1. The Labute approximate surface area is 93.4 Å². The Bertz CT molecular complexity index is 360. The van der Waals surface area contributed by atoms with E-state index in [1.54, 1.807) is 0 Å². The summed E-state index contributed by atoms with van der Waals surface area (Å²) in [6.45, 7) is 3.86. The molecule has 0 aliphatic rings. The maximum Gasteiger partial charge on any atom is 0.267 e. The van der Waals surface area contributed by atoms with Crippen molar-refractivity contribution in [3.8, 4) is 5.88 Å². The van der Waals surface area contributed by atoms with Crippen LogP contribution in [0.15, 0.2) is 4.52 Å². The zero-order valence-corrected chi connectivity index (χ0v) is 9.40. The number of hydrogen-bond acceptors (Lipinski definition) is 5. The van der Waals surface area contributed by atoms with E-state index in [4.69, 9.17) is 20.1 Å². The number of hydrogen-bond donors (Lipinski definition) is 2. The highest BCUT2D eigenvalue weighted by atomic mass is 16.5. The van der Waals surface area contributed by atoms with Crippen molar-refractivity contribution in [2.45, 2.75) is 20.3 Å². The van der Waals surface area contributed by atoms with Gasteiger partial charge in [0.25, 0.3) is 11.8 Å². The third kappa shape index (κ3) is 2.96. The summed E-state index contributed by atoms with van der Waals surface area (Å²) in [5, 5.41) is 12.2. The standard InChI is InChI=1S/C10H16N2O4/c1-6(2)5-7-8(9(11)14)10(12-16-7)15-4-3-13/h6,13H,3-5H2,1-2H3,(H2,11,14). The van der Waals surface area contributed by atoms with Gasteiger partial charge >= 0.3 is 0 Å². The van der Waals surface area contributed by atoms with Crippen LogP contribution < -0.4 is 10.5 Å². The van der Waals surface area contributed by atoms with Gasteiger partial charge in [0.05, 0.1) is 6.61 Å². The molecule has 0 aliphatic carbocycles. The van der Waals surface area contributed by atoms with Crippen molar-refractivity contribution in [2.75, 3.05) is 13.2 Å². The average Bonchev–Trinajstić information content (AvgIpc) is 2.56. The van der Waals surface area contributed by atoms with E-state index in [1.165, 1.54) is 0 Å². The quantitative estimate of drug-likeness (QED) is 0.731. The summed E-state index contributed by atoms with van der Waals surface area (Å²) in [4.78, 5) is 11.2. The summed E-state index contributed by atoms with van der Waals surface area (Å²) < 4.78 is 10.1. The number of carbonyl (C=O) groups is 1. The number of aliphatic hydroxyl groups excluding tert-OH is 1. The van der Waals surface area contributed by atoms with Crippen molar-refractivity contribution in [3.63, 3.8) is 0 Å². The molecule has 0 saturated heterocycles. The van der Waals surface area contributed by atoms with Crippen molar-refractivity contribution in [3.05, 3.63) is 11.3 Å². The maximum atomic E-state index is 11.2. The topological polar surface area (TPSA) is 98.6 Å². The van der Waals surface area contributed by atoms with Gasteiger partial charge in [-0.15, -0.1) is 0 Å². The second kappa shape index (κ2) is 5.50. The molecule has 0 bridgehead atoms. The normalized spacial score (nSPS) is 10.8. The van der Waals surface area contributed by atoms with E-state index >= 15 is 0 Å². The molecule has 0 aromatic carbocycles. The molecule has 1 aromatic rings.